The third-order valence-corrected chi connectivity index (χ3v) is 2.70. The first-order valence-corrected chi connectivity index (χ1v) is 5.78. The minimum absolute atomic E-state index is 0. The van der Waals surface area contributed by atoms with Crippen LogP contribution in [0.2, 0.25) is 6.55 Å². The summed E-state index contributed by atoms with van der Waals surface area (Å²) in [7, 11) is -1.95. The Morgan fingerprint density at radius 3 is 1.64 bits per heavy atom. The van der Waals surface area contributed by atoms with Crippen LogP contribution in [0, 0.1) is 6.55 Å². The summed E-state index contributed by atoms with van der Waals surface area (Å²) in [6.45, 7) is 11.1. The first-order valence-electron chi connectivity index (χ1n) is 3.25. The Morgan fingerprint density at radius 2 is 1.45 bits per heavy atom. The SMILES string of the molecule is [Br-].[CH2-][Si](C)(OCC)OCC.[Mg+2]. The van der Waals surface area contributed by atoms with Gasteiger partial charge in [0, 0.05) is 13.2 Å². The summed E-state index contributed by atoms with van der Waals surface area (Å²) < 4.78 is 10.6. The van der Waals surface area contributed by atoms with Gasteiger partial charge in [0.25, 0.3) is 0 Å². The molecule has 0 heterocycles. The molecule has 0 aromatic carbocycles. The molecule has 11 heavy (non-hydrogen) atoms. The molecule has 5 heteroatoms. The van der Waals surface area contributed by atoms with Crippen LogP contribution in [-0.4, -0.2) is 44.8 Å². The smallest absolute Gasteiger partial charge is 1.00 e. The van der Waals surface area contributed by atoms with Crippen molar-refractivity contribution >= 4 is 31.6 Å². The Labute approximate surface area is 97.2 Å². The van der Waals surface area contributed by atoms with E-state index < -0.39 is 8.56 Å². The minimum atomic E-state index is -1.95. The van der Waals surface area contributed by atoms with Gasteiger partial charge in [0.15, 0.2) is 8.56 Å². The standard InChI is InChI=1S/C6H15O2Si.BrH.Mg/c1-5-7-9(3,4)8-6-2;;/h3,5-6H2,1-2,4H3;1H;/q-1;;+2/p-1. The van der Waals surface area contributed by atoms with E-state index in [0.29, 0.717) is 13.2 Å². The van der Waals surface area contributed by atoms with E-state index in [2.05, 4.69) is 6.55 Å². The normalized spacial score (nSPS) is 9.82. The first kappa shape index (κ1) is 18.2. The van der Waals surface area contributed by atoms with E-state index in [1.165, 1.54) is 0 Å². The van der Waals surface area contributed by atoms with Crippen LogP contribution >= 0.6 is 0 Å². The molecule has 0 fully saturated rings. The summed E-state index contributed by atoms with van der Waals surface area (Å²) >= 11 is 0. The van der Waals surface area contributed by atoms with Crippen LogP contribution in [0.4, 0.5) is 0 Å². The molecule has 0 aromatic rings. The van der Waals surface area contributed by atoms with E-state index >= 15 is 0 Å². The topological polar surface area (TPSA) is 18.5 Å². The average molecular weight is 251 g/mol. The zero-order valence-electron chi connectivity index (χ0n) is 7.52. The predicted octanol–water partition coefficient (Wildman–Crippen LogP) is -1.87. The van der Waals surface area contributed by atoms with Gasteiger partial charge in [-0.2, -0.15) is 0 Å². The molecule has 0 radical (unpaired) electrons. The molecule has 0 aromatic heterocycles. The van der Waals surface area contributed by atoms with Gasteiger partial charge in [0.1, 0.15) is 0 Å². The maximum atomic E-state index is 5.28. The van der Waals surface area contributed by atoms with E-state index in [9.17, 15) is 0 Å². The maximum absolute atomic E-state index is 5.28. The molecular formula is C6H15BrMgO2Si. The molecule has 0 rings (SSSR count). The number of rotatable bonds is 4. The molecule has 0 amide bonds. The summed E-state index contributed by atoms with van der Waals surface area (Å²) in [4.78, 5) is 0. The van der Waals surface area contributed by atoms with Crippen molar-refractivity contribution in [2.24, 2.45) is 0 Å². The monoisotopic (exact) mass is 250 g/mol. The molecule has 0 saturated heterocycles. The van der Waals surface area contributed by atoms with Gasteiger partial charge in [-0.3, -0.25) is 6.55 Å². The molecule has 2 nitrogen and oxygen atoms in total. The van der Waals surface area contributed by atoms with Crippen molar-refractivity contribution < 1.29 is 25.8 Å². The molecule has 64 valence electrons. The van der Waals surface area contributed by atoms with Crippen LogP contribution < -0.4 is 17.0 Å². The second kappa shape index (κ2) is 9.47. The molecular weight excluding hydrogens is 236 g/mol. The van der Waals surface area contributed by atoms with Crippen LogP contribution in [-0.2, 0) is 8.85 Å². The van der Waals surface area contributed by atoms with Crippen LogP contribution in [0.3, 0.4) is 0 Å². The molecule has 0 atom stereocenters. The van der Waals surface area contributed by atoms with Gasteiger partial charge in [-0.05, 0) is 20.4 Å². The fraction of sp³-hybridized carbons (Fsp3) is 0.833. The third-order valence-electron chi connectivity index (χ3n) is 0.899. The van der Waals surface area contributed by atoms with E-state index in [4.69, 9.17) is 8.85 Å². The van der Waals surface area contributed by atoms with Gasteiger partial charge in [0.2, 0.25) is 0 Å². The zero-order valence-corrected chi connectivity index (χ0v) is 11.5. The number of hydrogen-bond acceptors (Lipinski definition) is 2. The fourth-order valence-electron chi connectivity index (χ4n) is 0.652. The van der Waals surface area contributed by atoms with E-state index in [1.807, 2.05) is 20.4 Å². The van der Waals surface area contributed by atoms with Crippen molar-refractivity contribution in [3.05, 3.63) is 6.55 Å². The average Bonchev–Trinajstić information content (AvgIpc) is 1.64. The summed E-state index contributed by atoms with van der Waals surface area (Å²) in [6.07, 6.45) is 0. The molecule has 0 bridgehead atoms. The van der Waals surface area contributed by atoms with Crippen molar-refractivity contribution in [3.63, 3.8) is 0 Å². The Bertz CT molecular complexity index is 75.0. The van der Waals surface area contributed by atoms with Gasteiger partial charge in [-0.15, -0.1) is 0 Å². The van der Waals surface area contributed by atoms with Gasteiger partial charge < -0.3 is 25.8 Å². The van der Waals surface area contributed by atoms with Crippen LogP contribution in [0.15, 0.2) is 0 Å². The third kappa shape index (κ3) is 11.4. The Kier molecular flexibility index (Phi) is 15.7. The summed E-state index contributed by atoms with van der Waals surface area (Å²) in [5, 5.41) is 0. The molecule has 0 saturated carbocycles. The maximum Gasteiger partial charge on any atom is 2.00 e. The second-order valence-electron chi connectivity index (χ2n) is 2.00. The largest absolute Gasteiger partial charge is 2.00 e. The van der Waals surface area contributed by atoms with E-state index in [1.54, 1.807) is 0 Å². The minimum Gasteiger partial charge on any atom is -1.00 e. The van der Waals surface area contributed by atoms with E-state index in [-0.39, 0.29) is 40.0 Å². The van der Waals surface area contributed by atoms with Gasteiger partial charge in [-0.1, -0.05) is 0 Å². The molecule has 0 unspecified atom stereocenters. The zero-order chi connectivity index (χ0) is 7.33. The molecule has 0 aliphatic heterocycles. The van der Waals surface area contributed by atoms with Gasteiger partial charge in [0.05, 0.1) is 0 Å². The first-order chi connectivity index (χ1) is 4.12. The Hall–Kier alpha value is 1.38. The molecule has 0 N–H and O–H groups in total. The molecule has 0 aliphatic carbocycles. The number of halogens is 1. The molecule has 0 aliphatic rings. The van der Waals surface area contributed by atoms with Crippen LogP contribution in [0.25, 0.3) is 0 Å². The van der Waals surface area contributed by atoms with Crippen molar-refractivity contribution in [1.29, 1.82) is 0 Å². The fourth-order valence-corrected chi connectivity index (χ4v) is 1.96. The second-order valence-corrected chi connectivity index (χ2v) is 4.84. The van der Waals surface area contributed by atoms with Gasteiger partial charge >= 0.3 is 23.1 Å². The number of hydrogen-bond donors (Lipinski definition) is 0. The van der Waals surface area contributed by atoms with Crippen molar-refractivity contribution in [1.82, 2.24) is 0 Å². The van der Waals surface area contributed by atoms with Crippen LogP contribution in [0.1, 0.15) is 13.8 Å². The summed E-state index contributed by atoms with van der Waals surface area (Å²) in [5.41, 5.74) is 0. The van der Waals surface area contributed by atoms with Crippen molar-refractivity contribution in [2.45, 2.75) is 20.4 Å². The van der Waals surface area contributed by atoms with Crippen molar-refractivity contribution in [2.75, 3.05) is 13.2 Å². The Morgan fingerprint density at radius 1 is 1.18 bits per heavy atom. The predicted molar refractivity (Wildman–Crippen MR) is 46.0 cm³/mol. The quantitative estimate of drug-likeness (QED) is 0.430. The van der Waals surface area contributed by atoms with Crippen LogP contribution in [0.5, 0.6) is 0 Å². The Balaban J connectivity index is -0.000000320. The van der Waals surface area contributed by atoms with Crippen molar-refractivity contribution in [3.8, 4) is 0 Å². The summed E-state index contributed by atoms with van der Waals surface area (Å²) in [6, 6.07) is 0. The van der Waals surface area contributed by atoms with Gasteiger partial charge in [-0.25, -0.2) is 0 Å². The van der Waals surface area contributed by atoms with E-state index in [0.717, 1.165) is 0 Å². The molecule has 0 spiro atoms. The summed E-state index contributed by atoms with van der Waals surface area (Å²) in [5.74, 6) is 0.